The molecule has 2 amide bonds. The molecule has 4 aromatic rings. The minimum atomic E-state index is -1.52. The zero-order valence-electron chi connectivity index (χ0n) is 22.4. The second kappa shape index (κ2) is 10.3. The van der Waals surface area contributed by atoms with Gasteiger partial charge >= 0.3 is 0 Å². The number of benzene rings is 3. The molecule has 0 radical (unpaired) electrons. The van der Waals surface area contributed by atoms with E-state index in [-0.39, 0.29) is 17.9 Å². The second-order valence-electron chi connectivity index (χ2n) is 10.6. The number of hydrogen-bond acceptors (Lipinski definition) is 7. The van der Waals surface area contributed by atoms with Crippen molar-refractivity contribution in [2.45, 2.75) is 30.5 Å². The molecule has 0 spiro atoms. The van der Waals surface area contributed by atoms with Crippen molar-refractivity contribution in [3.05, 3.63) is 101 Å². The summed E-state index contributed by atoms with van der Waals surface area (Å²) in [5.41, 5.74) is 22.7. The molecule has 1 fully saturated rings. The standard InChI is InChI=1S/C32H31N5O3S/c1-2-24(38)37-16-6-9-21(17-37)36-31(40)29-26-25-22(14-15-23(33)28(25)41-29)32(35,30(39)27(26)34)20-12-10-19(11-13-20)18-7-4-3-5-8-18/h2-5,7-8,10-15,21,27H,1,6,9,16-17,33-35H2,(H,36,40). The molecule has 2 heterocycles. The fourth-order valence-corrected chi connectivity index (χ4v) is 7.28. The van der Waals surface area contributed by atoms with Crippen LogP contribution in [0.2, 0.25) is 0 Å². The third-order valence-electron chi connectivity index (χ3n) is 8.21. The molecule has 3 atom stereocenters. The third kappa shape index (κ3) is 4.33. The first-order valence-electron chi connectivity index (χ1n) is 13.6. The van der Waals surface area contributed by atoms with Crippen LogP contribution < -0.4 is 22.5 Å². The summed E-state index contributed by atoms with van der Waals surface area (Å²) in [6.45, 7) is 4.57. The van der Waals surface area contributed by atoms with Crippen LogP contribution in [0.4, 0.5) is 5.69 Å². The maximum absolute atomic E-state index is 14.0. The van der Waals surface area contributed by atoms with E-state index in [4.69, 9.17) is 17.2 Å². The van der Waals surface area contributed by atoms with Gasteiger partial charge in [0.15, 0.2) is 5.78 Å². The fourth-order valence-electron chi connectivity index (χ4n) is 6.08. The first-order valence-corrected chi connectivity index (χ1v) is 14.4. The third-order valence-corrected chi connectivity index (χ3v) is 9.46. The molecule has 1 saturated heterocycles. The molecule has 9 heteroatoms. The molecular weight excluding hydrogens is 534 g/mol. The summed E-state index contributed by atoms with van der Waals surface area (Å²) in [5.74, 6) is -0.900. The number of Topliss-reactive ketones (excluding diaryl/α,β-unsaturated/α-hetero) is 1. The van der Waals surface area contributed by atoms with Crippen LogP contribution in [0.3, 0.4) is 0 Å². The Bertz CT molecular complexity index is 1700. The van der Waals surface area contributed by atoms with Crippen molar-refractivity contribution < 1.29 is 14.4 Å². The van der Waals surface area contributed by atoms with Crippen molar-refractivity contribution >= 4 is 44.7 Å². The lowest BCUT2D eigenvalue weighted by atomic mass is 9.70. The van der Waals surface area contributed by atoms with E-state index in [0.717, 1.165) is 24.0 Å². The summed E-state index contributed by atoms with van der Waals surface area (Å²) in [6.07, 6.45) is 2.78. The molecule has 8 nitrogen and oxygen atoms in total. The van der Waals surface area contributed by atoms with Crippen molar-refractivity contribution in [2.24, 2.45) is 11.5 Å². The molecule has 0 bridgehead atoms. The van der Waals surface area contributed by atoms with Crippen LogP contribution >= 0.6 is 11.3 Å². The summed E-state index contributed by atoms with van der Waals surface area (Å²) >= 11 is 1.22. The molecule has 6 rings (SSSR count). The van der Waals surface area contributed by atoms with Gasteiger partial charge in [-0.05, 0) is 47.2 Å². The summed E-state index contributed by atoms with van der Waals surface area (Å²) in [6, 6.07) is 19.7. The van der Waals surface area contributed by atoms with E-state index in [1.165, 1.54) is 17.4 Å². The Kier molecular flexibility index (Phi) is 6.73. The quantitative estimate of drug-likeness (QED) is 0.214. The van der Waals surface area contributed by atoms with E-state index in [9.17, 15) is 14.4 Å². The number of nitrogen functional groups attached to an aromatic ring is 1. The second-order valence-corrected chi connectivity index (χ2v) is 11.7. The van der Waals surface area contributed by atoms with Crippen LogP contribution in [-0.4, -0.2) is 41.6 Å². The minimum Gasteiger partial charge on any atom is -0.398 e. The summed E-state index contributed by atoms with van der Waals surface area (Å²) < 4.78 is 0.674. The molecule has 3 aromatic carbocycles. The number of hydrogen-bond donors (Lipinski definition) is 4. The van der Waals surface area contributed by atoms with E-state index >= 15 is 0 Å². The molecule has 7 N–H and O–H groups in total. The van der Waals surface area contributed by atoms with Gasteiger partial charge < -0.3 is 27.4 Å². The first-order chi connectivity index (χ1) is 19.7. The molecule has 1 aromatic heterocycles. The zero-order chi connectivity index (χ0) is 28.9. The predicted molar refractivity (Wildman–Crippen MR) is 162 cm³/mol. The highest BCUT2D eigenvalue weighted by atomic mass is 32.1. The number of carbonyl (C=O) groups excluding carboxylic acids is 3. The number of nitrogens with one attached hydrogen (secondary N) is 1. The Labute approximate surface area is 241 Å². The Morgan fingerprint density at radius 2 is 1.76 bits per heavy atom. The molecule has 2 aliphatic rings. The lowest BCUT2D eigenvalue weighted by Crippen LogP contribution is -2.53. The number of thiophene rings is 1. The van der Waals surface area contributed by atoms with E-state index in [1.54, 1.807) is 17.0 Å². The normalized spacial score (nSPS) is 22.0. The molecular formula is C32H31N5O3S. The number of ketones is 1. The van der Waals surface area contributed by atoms with Crippen LogP contribution in [0, 0.1) is 0 Å². The van der Waals surface area contributed by atoms with Gasteiger partial charge in [-0.1, -0.05) is 67.2 Å². The number of rotatable bonds is 5. The number of nitrogens with two attached hydrogens (primary N) is 3. The van der Waals surface area contributed by atoms with E-state index in [0.29, 0.717) is 50.4 Å². The number of piperidine rings is 1. The average molecular weight is 566 g/mol. The first kappa shape index (κ1) is 26.9. The molecule has 41 heavy (non-hydrogen) atoms. The summed E-state index contributed by atoms with van der Waals surface area (Å²) in [5, 5.41) is 3.72. The highest BCUT2D eigenvalue weighted by Gasteiger charge is 2.48. The van der Waals surface area contributed by atoms with Crippen molar-refractivity contribution in [1.82, 2.24) is 10.2 Å². The van der Waals surface area contributed by atoms with Gasteiger partial charge in [-0.2, -0.15) is 0 Å². The van der Waals surface area contributed by atoms with E-state index in [2.05, 4.69) is 11.9 Å². The van der Waals surface area contributed by atoms with Crippen LogP contribution in [0.5, 0.6) is 0 Å². The number of likely N-dealkylation sites (tertiary alicyclic amines) is 1. The van der Waals surface area contributed by atoms with Gasteiger partial charge in [0.2, 0.25) is 5.91 Å². The Hall–Kier alpha value is -4.31. The van der Waals surface area contributed by atoms with Crippen LogP contribution in [0.15, 0.2) is 79.4 Å². The fraction of sp³-hybridized carbons (Fsp3) is 0.219. The van der Waals surface area contributed by atoms with Crippen LogP contribution in [-0.2, 0) is 15.1 Å². The van der Waals surface area contributed by atoms with Gasteiger partial charge in [-0.15, -0.1) is 11.3 Å². The Balaban J connectivity index is 1.40. The number of nitrogens with zero attached hydrogens (tertiary/aromatic N) is 1. The molecule has 208 valence electrons. The molecule has 3 unspecified atom stereocenters. The summed E-state index contributed by atoms with van der Waals surface area (Å²) in [4.78, 5) is 41.8. The van der Waals surface area contributed by atoms with Crippen molar-refractivity contribution in [2.75, 3.05) is 18.8 Å². The monoisotopic (exact) mass is 565 g/mol. The zero-order valence-corrected chi connectivity index (χ0v) is 23.2. The van der Waals surface area contributed by atoms with Crippen LogP contribution in [0.1, 0.15) is 45.2 Å². The highest BCUT2D eigenvalue weighted by molar-refractivity contribution is 7.21. The van der Waals surface area contributed by atoms with Crippen molar-refractivity contribution in [3.63, 3.8) is 0 Å². The topological polar surface area (TPSA) is 145 Å². The number of carbonyl (C=O) groups is 3. The van der Waals surface area contributed by atoms with Gasteiger partial charge in [-0.25, -0.2) is 0 Å². The van der Waals surface area contributed by atoms with Gasteiger partial charge in [0.1, 0.15) is 5.54 Å². The van der Waals surface area contributed by atoms with Crippen molar-refractivity contribution in [3.8, 4) is 11.1 Å². The van der Waals surface area contributed by atoms with E-state index < -0.39 is 17.4 Å². The molecule has 1 aliphatic carbocycles. The minimum absolute atomic E-state index is 0.165. The summed E-state index contributed by atoms with van der Waals surface area (Å²) in [7, 11) is 0. The van der Waals surface area contributed by atoms with Gasteiger partial charge in [0.05, 0.1) is 15.6 Å². The average Bonchev–Trinajstić information content (AvgIpc) is 3.42. The van der Waals surface area contributed by atoms with Crippen LogP contribution in [0.25, 0.3) is 21.2 Å². The smallest absolute Gasteiger partial charge is 0.262 e. The predicted octanol–water partition coefficient (Wildman–Crippen LogP) is 3.84. The lowest BCUT2D eigenvalue weighted by molar-refractivity contribution is -0.127. The Morgan fingerprint density at radius 1 is 1.05 bits per heavy atom. The maximum atomic E-state index is 14.0. The largest absolute Gasteiger partial charge is 0.398 e. The SMILES string of the molecule is C=CC(=O)N1CCCC(NC(=O)c2sc3c(N)ccc4c3c2C(N)C(=O)C4(N)c2ccc(-c3ccccc3)cc2)C1. The van der Waals surface area contributed by atoms with E-state index in [1.807, 2.05) is 54.6 Å². The number of anilines is 1. The number of amides is 2. The molecule has 1 aliphatic heterocycles. The van der Waals surface area contributed by atoms with Gasteiger partial charge in [-0.3, -0.25) is 14.4 Å². The molecule has 0 saturated carbocycles. The highest BCUT2D eigenvalue weighted by Crippen LogP contribution is 2.49. The van der Waals surface area contributed by atoms with Gasteiger partial charge in [0.25, 0.3) is 5.91 Å². The maximum Gasteiger partial charge on any atom is 0.262 e. The lowest BCUT2D eigenvalue weighted by Gasteiger charge is -2.37. The van der Waals surface area contributed by atoms with Gasteiger partial charge in [0, 0.05) is 35.8 Å². The Morgan fingerprint density at radius 3 is 2.46 bits per heavy atom. The van der Waals surface area contributed by atoms with Crippen molar-refractivity contribution in [1.29, 1.82) is 0 Å².